The Morgan fingerprint density at radius 2 is 1.38 bits per heavy atom. The fourth-order valence-electron chi connectivity index (χ4n) is 4.15. The van der Waals surface area contributed by atoms with Gasteiger partial charge < -0.3 is 18.9 Å². The van der Waals surface area contributed by atoms with Gasteiger partial charge in [-0.15, -0.1) is 0 Å². The van der Waals surface area contributed by atoms with Crippen molar-refractivity contribution in [1.82, 2.24) is 0 Å². The fourth-order valence-corrected chi connectivity index (χ4v) is 4.15. The second kappa shape index (κ2) is 9.18. The molecule has 32 heavy (non-hydrogen) atoms. The number of benzene rings is 3. The lowest BCUT2D eigenvalue weighted by atomic mass is 9.79. The highest BCUT2D eigenvalue weighted by molar-refractivity contribution is 6.35. The molecule has 0 fully saturated rings. The molecule has 0 N–H and O–H groups in total. The number of aryl methyl sites for hydroxylation is 1. The molecule has 3 aromatic carbocycles. The molecule has 0 aliphatic heterocycles. The van der Waals surface area contributed by atoms with E-state index in [1.54, 1.807) is 40.6 Å². The topological polar surface area (TPSA) is 54.0 Å². The Hall–Kier alpha value is -3.73. The first kappa shape index (κ1) is 21.5. The van der Waals surface area contributed by atoms with Crippen LogP contribution in [0.1, 0.15) is 33.5 Å². The Bertz CT molecular complexity index is 1180. The Kier molecular flexibility index (Phi) is 6.17. The Morgan fingerprint density at radius 1 is 0.688 bits per heavy atom. The molecular formula is C27H26O5. The van der Waals surface area contributed by atoms with Crippen LogP contribution in [0.2, 0.25) is 0 Å². The number of hydrogen-bond donors (Lipinski definition) is 0. The van der Waals surface area contributed by atoms with Gasteiger partial charge in [0, 0.05) is 11.1 Å². The molecule has 0 spiro atoms. The zero-order valence-electron chi connectivity index (χ0n) is 18.7. The molecule has 0 aromatic heterocycles. The van der Waals surface area contributed by atoms with E-state index in [4.69, 9.17) is 18.9 Å². The van der Waals surface area contributed by atoms with Gasteiger partial charge in [0.1, 0.15) is 11.5 Å². The minimum Gasteiger partial charge on any atom is -0.497 e. The van der Waals surface area contributed by atoms with Gasteiger partial charge in [-0.3, -0.25) is 4.79 Å². The molecule has 0 amide bonds. The number of carbonyl (C=O) groups excluding carboxylic acids is 1. The SMILES string of the molecule is COc1ccc(C(=O)C2=C(c3ccc(OC)c(OC)c3)CCc3cc(OC)ccc32)cc1. The summed E-state index contributed by atoms with van der Waals surface area (Å²) in [6.07, 6.45) is 1.54. The highest BCUT2D eigenvalue weighted by Gasteiger charge is 2.27. The van der Waals surface area contributed by atoms with Crippen LogP contribution in [-0.2, 0) is 6.42 Å². The van der Waals surface area contributed by atoms with Crippen LogP contribution < -0.4 is 18.9 Å². The molecule has 0 heterocycles. The van der Waals surface area contributed by atoms with Gasteiger partial charge in [0.05, 0.1) is 28.4 Å². The van der Waals surface area contributed by atoms with Crippen LogP contribution in [0.5, 0.6) is 23.0 Å². The Balaban J connectivity index is 1.90. The largest absolute Gasteiger partial charge is 0.497 e. The molecule has 1 aliphatic rings. The van der Waals surface area contributed by atoms with Gasteiger partial charge in [0.2, 0.25) is 0 Å². The Morgan fingerprint density at radius 3 is 2.03 bits per heavy atom. The van der Waals surface area contributed by atoms with Gasteiger partial charge >= 0.3 is 0 Å². The fraction of sp³-hybridized carbons (Fsp3) is 0.222. The summed E-state index contributed by atoms with van der Waals surface area (Å²) in [6.45, 7) is 0. The highest BCUT2D eigenvalue weighted by Crippen LogP contribution is 2.42. The maximum absolute atomic E-state index is 13.8. The molecule has 0 radical (unpaired) electrons. The van der Waals surface area contributed by atoms with E-state index in [1.165, 1.54) is 0 Å². The van der Waals surface area contributed by atoms with Gasteiger partial charge in [-0.05, 0) is 83.6 Å². The average molecular weight is 431 g/mol. The molecule has 0 saturated heterocycles. The number of carbonyl (C=O) groups is 1. The van der Waals surface area contributed by atoms with E-state index in [0.717, 1.165) is 40.9 Å². The third-order valence-electron chi connectivity index (χ3n) is 5.84. The zero-order chi connectivity index (χ0) is 22.7. The van der Waals surface area contributed by atoms with E-state index >= 15 is 0 Å². The van der Waals surface area contributed by atoms with Gasteiger partial charge in [-0.25, -0.2) is 0 Å². The van der Waals surface area contributed by atoms with Crippen LogP contribution in [0.15, 0.2) is 60.7 Å². The molecule has 0 saturated carbocycles. The summed E-state index contributed by atoms with van der Waals surface area (Å²) in [5.74, 6) is 2.76. The van der Waals surface area contributed by atoms with Gasteiger partial charge in [-0.2, -0.15) is 0 Å². The third kappa shape index (κ3) is 3.94. The van der Waals surface area contributed by atoms with Crippen molar-refractivity contribution in [3.05, 3.63) is 82.9 Å². The lowest BCUT2D eigenvalue weighted by Crippen LogP contribution is -2.13. The van der Waals surface area contributed by atoms with E-state index < -0.39 is 0 Å². The number of methoxy groups -OCH3 is 4. The predicted molar refractivity (Wildman–Crippen MR) is 125 cm³/mol. The molecule has 4 rings (SSSR count). The second-order valence-corrected chi connectivity index (χ2v) is 7.50. The van der Waals surface area contributed by atoms with Crippen LogP contribution in [0, 0.1) is 0 Å². The standard InChI is InChI=1S/C27H26O5/c1-29-20-9-5-17(6-10-20)27(28)26-22(19-8-14-24(31-3)25(16-19)32-4)12-7-18-15-21(30-2)11-13-23(18)26/h5-6,8-11,13-16H,7,12H2,1-4H3. The summed E-state index contributed by atoms with van der Waals surface area (Å²) in [5, 5.41) is 0. The van der Waals surface area contributed by atoms with Gasteiger partial charge in [0.15, 0.2) is 17.3 Å². The molecular weight excluding hydrogens is 404 g/mol. The molecule has 5 nitrogen and oxygen atoms in total. The van der Waals surface area contributed by atoms with E-state index in [1.807, 2.05) is 48.5 Å². The lowest BCUT2D eigenvalue weighted by molar-refractivity contribution is 0.105. The van der Waals surface area contributed by atoms with Crippen LogP contribution >= 0.6 is 0 Å². The molecule has 164 valence electrons. The number of fused-ring (bicyclic) bond motifs is 1. The van der Waals surface area contributed by atoms with Crippen molar-refractivity contribution in [1.29, 1.82) is 0 Å². The van der Waals surface area contributed by atoms with E-state index in [2.05, 4.69) is 0 Å². The van der Waals surface area contributed by atoms with Gasteiger partial charge in [0.25, 0.3) is 0 Å². The average Bonchev–Trinajstić information content (AvgIpc) is 2.86. The normalized spacial score (nSPS) is 12.8. The third-order valence-corrected chi connectivity index (χ3v) is 5.84. The maximum atomic E-state index is 13.8. The zero-order valence-corrected chi connectivity index (χ0v) is 18.7. The van der Waals surface area contributed by atoms with Crippen molar-refractivity contribution < 1.29 is 23.7 Å². The first-order chi connectivity index (χ1) is 15.6. The molecule has 1 aliphatic carbocycles. The second-order valence-electron chi connectivity index (χ2n) is 7.50. The smallest absolute Gasteiger partial charge is 0.193 e. The number of allylic oxidation sites excluding steroid dienone is 2. The van der Waals surface area contributed by atoms with Crippen LogP contribution in [0.3, 0.4) is 0 Å². The van der Waals surface area contributed by atoms with Crippen LogP contribution in [0.25, 0.3) is 11.1 Å². The number of rotatable bonds is 7. The molecule has 0 atom stereocenters. The Labute approximate surface area is 188 Å². The molecule has 5 heteroatoms. The summed E-state index contributed by atoms with van der Waals surface area (Å²) < 4.78 is 21.6. The van der Waals surface area contributed by atoms with Crippen molar-refractivity contribution in [2.45, 2.75) is 12.8 Å². The van der Waals surface area contributed by atoms with Crippen molar-refractivity contribution in [3.63, 3.8) is 0 Å². The predicted octanol–water partition coefficient (Wildman–Crippen LogP) is 5.46. The molecule has 3 aromatic rings. The number of Topliss-reactive ketones (excluding diaryl/α,β-unsaturated/α-hetero) is 1. The minimum absolute atomic E-state index is 0.0245. The number of ketones is 1. The summed E-state index contributed by atoms with van der Waals surface area (Å²) in [5.41, 5.74) is 5.28. The van der Waals surface area contributed by atoms with Crippen LogP contribution in [0.4, 0.5) is 0 Å². The molecule has 0 bridgehead atoms. The number of hydrogen-bond acceptors (Lipinski definition) is 5. The van der Waals surface area contributed by atoms with Gasteiger partial charge in [-0.1, -0.05) is 12.1 Å². The molecule has 0 unspecified atom stereocenters. The maximum Gasteiger partial charge on any atom is 0.193 e. The first-order valence-corrected chi connectivity index (χ1v) is 10.4. The quantitative estimate of drug-likeness (QED) is 0.466. The van der Waals surface area contributed by atoms with Crippen molar-refractivity contribution in [2.24, 2.45) is 0 Å². The van der Waals surface area contributed by atoms with E-state index in [-0.39, 0.29) is 5.78 Å². The van der Waals surface area contributed by atoms with Crippen molar-refractivity contribution in [3.8, 4) is 23.0 Å². The number of ether oxygens (including phenoxy) is 4. The first-order valence-electron chi connectivity index (χ1n) is 10.4. The van der Waals surface area contributed by atoms with E-state index in [9.17, 15) is 4.79 Å². The minimum atomic E-state index is -0.0245. The summed E-state index contributed by atoms with van der Waals surface area (Å²) >= 11 is 0. The summed E-state index contributed by atoms with van der Waals surface area (Å²) in [7, 11) is 6.49. The van der Waals surface area contributed by atoms with E-state index in [0.29, 0.717) is 28.4 Å². The van der Waals surface area contributed by atoms with Crippen molar-refractivity contribution in [2.75, 3.05) is 28.4 Å². The summed E-state index contributed by atoms with van der Waals surface area (Å²) in [4.78, 5) is 13.8. The van der Waals surface area contributed by atoms with Crippen LogP contribution in [-0.4, -0.2) is 34.2 Å². The van der Waals surface area contributed by atoms with Crippen molar-refractivity contribution >= 4 is 16.9 Å². The lowest BCUT2D eigenvalue weighted by Gasteiger charge is -2.24. The highest BCUT2D eigenvalue weighted by atomic mass is 16.5. The monoisotopic (exact) mass is 430 g/mol. The summed E-state index contributed by atoms with van der Waals surface area (Å²) in [6, 6.07) is 18.9.